The Labute approximate surface area is 215 Å². The highest BCUT2D eigenvalue weighted by Crippen LogP contribution is 2.39. The summed E-state index contributed by atoms with van der Waals surface area (Å²) < 4.78 is 19.0. The van der Waals surface area contributed by atoms with Crippen molar-refractivity contribution >= 4 is 27.5 Å². The van der Waals surface area contributed by atoms with E-state index in [0.29, 0.717) is 5.92 Å². The van der Waals surface area contributed by atoms with Crippen LogP contribution >= 0.6 is 0 Å². The minimum atomic E-state index is -0.514. The van der Waals surface area contributed by atoms with Gasteiger partial charge in [0.1, 0.15) is 5.82 Å². The Morgan fingerprint density at radius 2 is 1.84 bits per heavy atom. The molecule has 4 heterocycles. The summed E-state index contributed by atoms with van der Waals surface area (Å²) in [6, 6.07) is 13.2. The summed E-state index contributed by atoms with van der Waals surface area (Å²) in [5.41, 5.74) is 5.47. The monoisotopic (exact) mass is 492 g/mol. The molecule has 5 aromatic rings. The molecule has 0 radical (unpaired) electrons. The average Bonchev–Trinajstić information content (AvgIpc) is 3.51. The Balaban J connectivity index is 1.48. The van der Waals surface area contributed by atoms with Crippen LogP contribution in [0.5, 0.6) is 0 Å². The summed E-state index contributed by atoms with van der Waals surface area (Å²) in [4.78, 5) is 10.8. The Bertz CT molecular complexity index is 1650. The molecular formula is C30H29FN6. The van der Waals surface area contributed by atoms with E-state index in [2.05, 4.69) is 44.7 Å². The molecule has 0 spiro atoms. The van der Waals surface area contributed by atoms with Gasteiger partial charge in [-0.1, -0.05) is 25.1 Å². The maximum absolute atomic E-state index is 14.8. The summed E-state index contributed by atoms with van der Waals surface area (Å²) in [6.45, 7) is 13.8. The van der Waals surface area contributed by atoms with Crippen molar-refractivity contribution < 1.29 is 4.39 Å². The van der Waals surface area contributed by atoms with Crippen molar-refractivity contribution in [2.45, 2.75) is 26.3 Å². The molecule has 0 amide bonds. The first-order valence-corrected chi connectivity index (χ1v) is 12.9. The topological polar surface area (TPSA) is 43.2 Å². The molecule has 0 bridgehead atoms. The molecule has 1 saturated heterocycles. The Morgan fingerprint density at radius 3 is 2.59 bits per heavy atom. The lowest BCUT2D eigenvalue weighted by molar-refractivity contribution is 0.182. The lowest BCUT2D eigenvalue weighted by Gasteiger charge is -2.31. The predicted molar refractivity (Wildman–Crippen MR) is 146 cm³/mol. The largest absolute Gasteiger partial charge is 0.346 e. The zero-order chi connectivity index (χ0) is 25.5. The van der Waals surface area contributed by atoms with Gasteiger partial charge in [0, 0.05) is 41.7 Å². The summed E-state index contributed by atoms with van der Waals surface area (Å²) in [7, 11) is 1.92. The molecule has 1 aliphatic rings. The van der Waals surface area contributed by atoms with E-state index in [1.54, 1.807) is 6.07 Å². The van der Waals surface area contributed by atoms with Crippen LogP contribution in [0.1, 0.15) is 19.8 Å². The van der Waals surface area contributed by atoms with Crippen LogP contribution in [0.25, 0.3) is 49.0 Å². The van der Waals surface area contributed by atoms with Gasteiger partial charge in [-0.15, -0.1) is 0 Å². The van der Waals surface area contributed by atoms with Crippen molar-refractivity contribution in [2.75, 3.05) is 19.6 Å². The van der Waals surface area contributed by atoms with Crippen molar-refractivity contribution in [2.24, 2.45) is 13.0 Å². The fourth-order valence-corrected chi connectivity index (χ4v) is 5.66. The number of likely N-dealkylation sites (tertiary alicyclic amines) is 1. The second kappa shape index (κ2) is 9.45. The first-order chi connectivity index (χ1) is 18.1. The fourth-order valence-electron chi connectivity index (χ4n) is 5.66. The number of aromatic nitrogens is 4. The summed E-state index contributed by atoms with van der Waals surface area (Å²) >= 11 is 0. The van der Waals surface area contributed by atoms with Gasteiger partial charge in [0.2, 0.25) is 5.69 Å². The molecule has 0 aliphatic carbocycles. The molecule has 6 nitrogen and oxygen atoms in total. The third-order valence-electron chi connectivity index (χ3n) is 7.81. The van der Waals surface area contributed by atoms with Gasteiger partial charge in [0.25, 0.3) is 0 Å². The van der Waals surface area contributed by atoms with Crippen LogP contribution in [-0.2, 0) is 13.6 Å². The number of fused-ring (bicyclic) bond motifs is 2. The first-order valence-electron chi connectivity index (χ1n) is 12.9. The molecule has 1 aliphatic heterocycles. The SMILES string of the molecule is [C-]#[N+]c1ccc(-c2c(-c3ccc4c(cnn4C)c3)ncc3c2ccn3CC2CCN(CC)CC2)cc1F. The van der Waals surface area contributed by atoms with E-state index in [1.165, 1.54) is 18.9 Å². The van der Waals surface area contributed by atoms with Gasteiger partial charge in [-0.3, -0.25) is 9.67 Å². The van der Waals surface area contributed by atoms with Gasteiger partial charge in [-0.05, 0) is 68.2 Å². The van der Waals surface area contributed by atoms with Gasteiger partial charge in [-0.25, -0.2) is 9.24 Å². The predicted octanol–water partition coefficient (Wildman–Crippen LogP) is 6.68. The number of benzene rings is 2. The number of hydrogen-bond donors (Lipinski definition) is 0. The van der Waals surface area contributed by atoms with Gasteiger partial charge < -0.3 is 9.47 Å². The van der Waals surface area contributed by atoms with Crippen molar-refractivity contribution in [3.8, 4) is 22.4 Å². The molecule has 2 aromatic carbocycles. The van der Waals surface area contributed by atoms with Crippen molar-refractivity contribution in [1.29, 1.82) is 0 Å². The zero-order valence-corrected chi connectivity index (χ0v) is 21.2. The third kappa shape index (κ3) is 4.17. The molecule has 3 aromatic heterocycles. The molecular weight excluding hydrogens is 463 g/mol. The molecule has 186 valence electrons. The van der Waals surface area contributed by atoms with Crippen LogP contribution in [0.2, 0.25) is 0 Å². The van der Waals surface area contributed by atoms with E-state index in [9.17, 15) is 4.39 Å². The van der Waals surface area contributed by atoms with Crippen molar-refractivity contribution in [3.05, 3.63) is 78.3 Å². The maximum Gasteiger partial charge on any atom is 0.222 e. The van der Waals surface area contributed by atoms with Crippen molar-refractivity contribution in [3.63, 3.8) is 0 Å². The number of piperidine rings is 1. The smallest absolute Gasteiger partial charge is 0.222 e. The van der Waals surface area contributed by atoms with E-state index < -0.39 is 5.82 Å². The highest BCUT2D eigenvalue weighted by atomic mass is 19.1. The van der Waals surface area contributed by atoms with E-state index in [0.717, 1.165) is 70.4 Å². The van der Waals surface area contributed by atoms with Crippen LogP contribution in [0, 0.1) is 18.3 Å². The molecule has 0 unspecified atom stereocenters. The van der Waals surface area contributed by atoms with Crippen molar-refractivity contribution in [1.82, 2.24) is 24.2 Å². The van der Waals surface area contributed by atoms with E-state index in [4.69, 9.17) is 11.6 Å². The van der Waals surface area contributed by atoms with Gasteiger partial charge in [-0.2, -0.15) is 5.10 Å². The Kier molecular flexibility index (Phi) is 5.97. The number of aryl methyl sites for hydroxylation is 1. The fraction of sp³-hybridized carbons (Fsp3) is 0.300. The standard InChI is InChI=1S/C30H29FN6/c1-4-36-12-9-20(10-13-36)19-37-14-11-24-28(37)18-33-30(22-6-8-27-23(15-22)17-34-35(27)3)29(24)21-5-7-26(32-2)25(31)16-21/h5-8,11,14-18,20H,4,9-10,12-13,19H2,1,3H3. The highest BCUT2D eigenvalue weighted by Gasteiger charge is 2.21. The van der Waals surface area contributed by atoms with Gasteiger partial charge in [0.05, 0.1) is 35.7 Å². The Hall–Kier alpha value is -4.02. The molecule has 7 heteroatoms. The molecule has 37 heavy (non-hydrogen) atoms. The quantitative estimate of drug-likeness (QED) is 0.257. The minimum absolute atomic E-state index is 0.0261. The number of hydrogen-bond acceptors (Lipinski definition) is 3. The summed E-state index contributed by atoms with van der Waals surface area (Å²) in [6.07, 6.45) is 8.33. The minimum Gasteiger partial charge on any atom is -0.346 e. The normalized spacial score (nSPS) is 15.0. The van der Waals surface area contributed by atoms with Crippen LogP contribution in [0.4, 0.5) is 10.1 Å². The first kappa shape index (κ1) is 23.4. The van der Waals surface area contributed by atoms with E-state index >= 15 is 0 Å². The summed E-state index contributed by atoms with van der Waals surface area (Å²) in [5, 5.41) is 6.44. The van der Waals surface area contributed by atoms with Crippen LogP contribution < -0.4 is 0 Å². The van der Waals surface area contributed by atoms with Crippen LogP contribution in [-0.4, -0.2) is 43.9 Å². The molecule has 1 fully saturated rings. The number of rotatable bonds is 5. The van der Waals surface area contributed by atoms with Crippen LogP contribution in [0.15, 0.2) is 61.1 Å². The maximum atomic E-state index is 14.8. The highest BCUT2D eigenvalue weighted by molar-refractivity contribution is 6.02. The lowest BCUT2D eigenvalue weighted by atomic mass is 9.95. The summed E-state index contributed by atoms with van der Waals surface area (Å²) in [5.74, 6) is 0.116. The van der Waals surface area contributed by atoms with E-state index in [1.807, 2.05) is 42.3 Å². The van der Waals surface area contributed by atoms with Gasteiger partial charge in [0.15, 0.2) is 0 Å². The lowest BCUT2D eigenvalue weighted by Crippen LogP contribution is -2.34. The number of pyridine rings is 1. The van der Waals surface area contributed by atoms with Gasteiger partial charge >= 0.3 is 0 Å². The third-order valence-corrected chi connectivity index (χ3v) is 7.81. The average molecular weight is 493 g/mol. The zero-order valence-electron chi connectivity index (χ0n) is 21.2. The Morgan fingerprint density at radius 1 is 1.03 bits per heavy atom. The molecule has 0 N–H and O–H groups in total. The second-order valence-corrected chi connectivity index (χ2v) is 9.95. The number of nitrogens with zero attached hydrogens (tertiary/aromatic N) is 6. The van der Waals surface area contributed by atoms with E-state index in [-0.39, 0.29) is 5.69 Å². The number of halogens is 1. The van der Waals surface area contributed by atoms with Crippen LogP contribution in [0.3, 0.4) is 0 Å². The second-order valence-electron chi connectivity index (χ2n) is 9.95. The molecule has 0 saturated carbocycles. The molecule has 0 atom stereocenters. The molecule has 6 rings (SSSR count).